The molecule has 4 rings (SSSR count). The number of fused-ring (bicyclic) bond motifs is 1. The second-order valence-corrected chi connectivity index (χ2v) is 9.41. The van der Waals surface area contributed by atoms with Crippen LogP contribution in [0.5, 0.6) is 0 Å². The van der Waals surface area contributed by atoms with E-state index in [2.05, 4.69) is 5.32 Å². The highest BCUT2D eigenvalue weighted by molar-refractivity contribution is 8.26. The molecule has 6 nitrogen and oxygen atoms in total. The molecule has 1 saturated heterocycles. The molecule has 32 heavy (non-hydrogen) atoms. The van der Waals surface area contributed by atoms with Gasteiger partial charge in [-0.15, -0.1) is 0 Å². The number of rotatable bonds is 6. The molecule has 0 spiro atoms. The second kappa shape index (κ2) is 9.26. The van der Waals surface area contributed by atoms with E-state index in [4.69, 9.17) is 17.2 Å². The molecule has 2 aromatic heterocycles. The molecule has 164 valence electrons. The zero-order chi connectivity index (χ0) is 22.8. The van der Waals surface area contributed by atoms with Crippen LogP contribution in [0.3, 0.4) is 0 Å². The number of amides is 1. The van der Waals surface area contributed by atoms with Gasteiger partial charge < -0.3 is 5.32 Å². The van der Waals surface area contributed by atoms with Crippen molar-refractivity contribution in [1.29, 1.82) is 0 Å². The first-order valence-corrected chi connectivity index (χ1v) is 11.7. The van der Waals surface area contributed by atoms with E-state index in [9.17, 15) is 9.59 Å². The van der Waals surface area contributed by atoms with Gasteiger partial charge in [0.1, 0.15) is 15.8 Å². The summed E-state index contributed by atoms with van der Waals surface area (Å²) in [6.07, 6.45) is 4.13. The van der Waals surface area contributed by atoms with Gasteiger partial charge in [-0.05, 0) is 43.5 Å². The Hall–Kier alpha value is -2.97. The Kier molecular flexibility index (Phi) is 6.43. The molecule has 0 aliphatic carbocycles. The topological polar surface area (TPSA) is 66.7 Å². The summed E-state index contributed by atoms with van der Waals surface area (Å²) < 4.78 is 2.03. The van der Waals surface area contributed by atoms with Crippen molar-refractivity contribution in [2.24, 2.45) is 0 Å². The summed E-state index contributed by atoms with van der Waals surface area (Å²) in [4.78, 5) is 33.0. The number of benzene rings is 1. The first-order chi connectivity index (χ1) is 15.4. The summed E-state index contributed by atoms with van der Waals surface area (Å²) in [5.74, 6) is 0.283. The van der Waals surface area contributed by atoms with Gasteiger partial charge in [-0.3, -0.25) is 18.9 Å². The number of hydrogen-bond donors (Lipinski definition) is 1. The molecule has 0 saturated carbocycles. The number of nitrogens with zero attached hydrogens (tertiary/aromatic N) is 3. The average Bonchev–Trinajstić information content (AvgIpc) is 3.04. The number of nitrogens with one attached hydrogen (secondary N) is 1. The van der Waals surface area contributed by atoms with E-state index < -0.39 is 0 Å². The average molecular weight is 465 g/mol. The van der Waals surface area contributed by atoms with E-state index in [1.165, 1.54) is 21.7 Å². The number of carbonyl (C=O) groups is 1. The first kappa shape index (κ1) is 22.2. The smallest absolute Gasteiger partial charge is 0.267 e. The molecule has 1 N–H and O–H groups in total. The van der Waals surface area contributed by atoms with Gasteiger partial charge in [0.2, 0.25) is 0 Å². The Bertz CT molecular complexity index is 1300. The monoisotopic (exact) mass is 464 g/mol. The molecule has 3 aromatic rings. The molecule has 0 bridgehead atoms. The standard InChI is InChI=1S/C24H24N4O2S2/c1-4-11-28-23(30)19(32-24(28)31)13-18-20(25-14-17-9-7-15(2)8-10-17)26-21-16(3)6-5-12-27(21)22(18)29/h5-10,12-13,25H,4,11,14H2,1-3H3/b19-13-. The Morgan fingerprint density at radius 2 is 1.91 bits per heavy atom. The maximum atomic E-state index is 13.4. The van der Waals surface area contributed by atoms with E-state index in [-0.39, 0.29) is 11.5 Å². The Balaban J connectivity index is 1.79. The molecular formula is C24H24N4O2S2. The van der Waals surface area contributed by atoms with Crippen LogP contribution in [0, 0.1) is 13.8 Å². The largest absolute Gasteiger partial charge is 0.365 e. The number of aryl methyl sites for hydroxylation is 2. The molecule has 1 aliphatic heterocycles. The summed E-state index contributed by atoms with van der Waals surface area (Å²) in [6.45, 7) is 7.03. The fourth-order valence-electron chi connectivity index (χ4n) is 3.52. The van der Waals surface area contributed by atoms with Crippen LogP contribution in [-0.4, -0.2) is 31.1 Å². The van der Waals surface area contributed by atoms with Crippen molar-refractivity contribution in [3.63, 3.8) is 0 Å². The molecule has 1 amide bonds. The van der Waals surface area contributed by atoms with Gasteiger partial charge in [-0.25, -0.2) is 4.98 Å². The molecule has 0 radical (unpaired) electrons. The van der Waals surface area contributed by atoms with Crippen LogP contribution in [0.2, 0.25) is 0 Å². The van der Waals surface area contributed by atoms with Gasteiger partial charge in [0, 0.05) is 19.3 Å². The number of thiocarbonyl (C=S) groups is 1. The number of carbonyl (C=O) groups excluding carboxylic acids is 1. The summed E-state index contributed by atoms with van der Waals surface area (Å²) in [5.41, 5.74) is 3.84. The summed E-state index contributed by atoms with van der Waals surface area (Å²) in [5, 5.41) is 3.31. The van der Waals surface area contributed by atoms with Crippen molar-refractivity contribution in [1.82, 2.24) is 14.3 Å². The summed E-state index contributed by atoms with van der Waals surface area (Å²) >= 11 is 6.60. The first-order valence-electron chi connectivity index (χ1n) is 10.5. The van der Waals surface area contributed by atoms with Gasteiger partial charge in [0.25, 0.3) is 11.5 Å². The van der Waals surface area contributed by atoms with Gasteiger partial charge in [0.15, 0.2) is 0 Å². The SMILES string of the molecule is CCCN1C(=O)/C(=C/c2c(NCc3ccc(C)cc3)nc3c(C)cccn3c2=O)SC1=S. The molecule has 1 aromatic carbocycles. The van der Waals surface area contributed by atoms with Gasteiger partial charge in [-0.2, -0.15) is 0 Å². The molecular weight excluding hydrogens is 440 g/mol. The molecule has 0 unspecified atom stereocenters. The molecule has 1 fully saturated rings. The maximum Gasteiger partial charge on any atom is 0.267 e. The van der Waals surface area contributed by atoms with Crippen molar-refractivity contribution in [2.75, 3.05) is 11.9 Å². The lowest BCUT2D eigenvalue weighted by Crippen LogP contribution is -2.28. The highest BCUT2D eigenvalue weighted by atomic mass is 32.2. The minimum Gasteiger partial charge on any atom is -0.365 e. The van der Waals surface area contributed by atoms with E-state index in [1.807, 2.05) is 57.2 Å². The fraction of sp³-hybridized carbons (Fsp3) is 0.250. The quantitative estimate of drug-likeness (QED) is 0.427. The van der Waals surface area contributed by atoms with Crippen LogP contribution in [-0.2, 0) is 11.3 Å². The van der Waals surface area contributed by atoms with Crippen LogP contribution in [0.1, 0.15) is 35.6 Å². The van der Waals surface area contributed by atoms with Crippen molar-refractivity contribution < 1.29 is 4.79 Å². The fourth-order valence-corrected chi connectivity index (χ4v) is 4.81. The number of anilines is 1. The number of pyridine rings is 1. The highest BCUT2D eigenvalue weighted by Crippen LogP contribution is 2.33. The molecule has 1 aliphatic rings. The van der Waals surface area contributed by atoms with E-state index in [0.717, 1.165) is 17.5 Å². The lowest BCUT2D eigenvalue weighted by Gasteiger charge is -2.13. The van der Waals surface area contributed by atoms with Crippen LogP contribution in [0.15, 0.2) is 52.3 Å². The number of hydrogen-bond acceptors (Lipinski definition) is 6. The van der Waals surface area contributed by atoms with Gasteiger partial charge >= 0.3 is 0 Å². The van der Waals surface area contributed by atoms with Crippen LogP contribution >= 0.6 is 24.0 Å². The third-order valence-electron chi connectivity index (χ3n) is 5.26. The number of aromatic nitrogens is 2. The van der Waals surface area contributed by atoms with Crippen molar-refractivity contribution in [3.8, 4) is 0 Å². The number of thioether (sulfide) groups is 1. The zero-order valence-corrected chi connectivity index (χ0v) is 19.8. The van der Waals surface area contributed by atoms with Crippen LogP contribution in [0.4, 0.5) is 5.82 Å². The maximum absolute atomic E-state index is 13.4. The van der Waals surface area contributed by atoms with E-state index in [0.29, 0.717) is 39.3 Å². The van der Waals surface area contributed by atoms with Crippen LogP contribution < -0.4 is 10.9 Å². The lowest BCUT2D eigenvalue weighted by molar-refractivity contribution is -0.122. The van der Waals surface area contributed by atoms with Gasteiger partial charge in [-0.1, -0.05) is 66.8 Å². The zero-order valence-electron chi connectivity index (χ0n) is 18.2. The molecule has 8 heteroatoms. The van der Waals surface area contributed by atoms with E-state index >= 15 is 0 Å². The lowest BCUT2D eigenvalue weighted by atomic mass is 10.1. The van der Waals surface area contributed by atoms with Crippen molar-refractivity contribution >= 4 is 51.7 Å². The highest BCUT2D eigenvalue weighted by Gasteiger charge is 2.32. The molecule has 0 atom stereocenters. The minimum atomic E-state index is -0.231. The van der Waals surface area contributed by atoms with Gasteiger partial charge in [0.05, 0.1) is 10.5 Å². The normalized spacial score (nSPS) is 15.2. The third-order valence-corrected chi connectivity index (χ3v) is 6.64. The Morgan fingerprint density at radius 1 is 1.16 bits per heavy atom. The Morgan fingerprint density at radius 3 is 2.62 bits per heavy atom. The minimum absolute atomic E-state index is 0.167. The summed E-state index contributed by atoms with van der Waals surface area (Å²) in [7, 11) is 0. The summed E-state index contributed by atoms with van der Waals surface area (Å²) in [6, 6.07) is 11.9. The van der Waals surface area contributed by atoms with Crippen LogP contribution in [0.25, 0.3) is 11.7 Å². The second-order valence-electron chi connectivity index (χ2n) is 7.74. The van der Waals surface area contributed by atoms with E-state index in [1.54, 1.807) is 17.2 Å². The third kappa shape index (κ3) is 4.33. The molecule has 3 heterocycles. The predicted octanol–water partition coefficient (Wildman–Crippen LogP) is 4.53. The predicted molar refractivity (Wildman–Crippen MR) is 135 cm³/mol. The van der Waals surface area contributed by atoms with Crippen molar-refractivity contribution in [3.05, 3.63) is 80.1 Å². The van der Waals surface area contributed by atoms with Crippen molar-refractivity contribution in [2.45, 2.75) is 33.7 Å². The Labute approximate surface area is 196 Å².